The Hall–Kier alpha value is -4.62. The second kappa shape index (κ2) is 9.04. The lowest BCUT2D eigenvalue weighted by molar-refractivity contribution is 0.869. The molecule has 0 aliphatic rings. The summed E-state index contributed by atoms with van der Waals surface area (Å²) in [6, 6.07) is 48.8. The van der Waals surface area contributed by atoms with E-state index in [-0.39, 0.29) is 0 Å². The Kier molecular flexibility index (Phi) is 5.37. The van der Waals surface area contributed by atoms with E-state index >= 15 is 0 Å². The summed E-state index contributed by atoms with van der Waals surface area (Å²) in [5.41, 5.74) is 10.0. The summed E-state index contributed by atoms with van der Waals surface area (Å²) in [5.74, 6) is 0.493. The molecule has 1 aromatic heterocycles. The van der Waals surface area contributed by atoms with Crippen LogP contribution in [0.2, 0.25) is 0 Å². The molecule has 182 valence electrons. The molecule has 0 bridgehead atoms. The maximum Gasteiger partial charge on any atom is 0.0541 e. The first kappa shape index (κ1) is 22.6. The summed E-state index contributed by atoms with van der Waals surface area (Å²) in [5, 5.41) is 5.14. The minimum atomic E-state index is 0.493. The van der Waals surface area contributed by atoms with Crippen LogP contribution in [0.5, 0.6) is 0 Å². The topological polar surface area (TPSA) is 4.93 Å². The number of fused-ring (bicyclic) bond motifs is 4. The lowest BCUT2D eigenvalue weighted by atomic mass is 9.90. The Morgan fingerprint density at radius 2 is 1.18 bits per heavy atom. The van der Waals surface area contributed by atoms with Crippen molar-refractivity contribution in [3.8, 4) is 27.9 Å². The first-order valence-electron chi connectivity index (χ1n) is 13.4. The molecule has 0 saturated carbocycles. The van der Waals surface area contributed by atoms with E-state index in [4.69, 9.17) is 0 Å². The van der Waals surface area contributed by atoms with E-state index in [9.17, 15) is 0 Å². The summed E-state index contributed by atoms with van der Waals surface area (Å²) in [6.45, 7) is 4.53. The number of nitrogens with zero attached hydrogens (tertiary/aromatic N) is 1. The fourth-order valence-corrected chi connectivity index (χ4v) is 5.77. The van der Waals surface area contributed by atoms with Crippen molar-refractivity contribution in [2.75, 3.05) is 0 Å². The normalized spacial score (nSPS) is 11.7. The number of para-hydroxylation sites is 2. The van der Waals surface area contributed by atoms with Crippen molar-refractivity contribution in [1.29, 1.82) is 0 Å². The van der Waals surface area contributed by atoms with Gasteiger partial charge in [0.05, 0.1) is 11.0 Å². The zero-order valence-electron chi connectivity index (χ0n) is 21.7. The first-order valence-corrected chi connectivity index (χ1v) is 13.4. The van der Waals surface area contributed by atoms with Crippen LogP contribution < -0.4 is 0 Å². The molecule has 0 unspecified atom stereocenters. The number of hydrogen-bond acceptors (Lipinski definition) is 0. The van der Waals surface area contributed by atoms with Gasteiger partial charge in [-0.1, -0.05) is 105 Å². The van der Waals surface area contributed by atoms with Crippen molar-refractivity contribution in [2.24, 2.45) is 0 Å². The summed E-state index contributed by atoms with van der Waals surface area (Å²) in [4.78, 5) is 0. The highest BCUT2D eigenvalue weighted by Gasteiger charge is 2.15. The van der Waals surface area contributed by atoms with E-state index in [1.165, 1.54) is 66.1 Å². The van der Waals surface area contributed by atoms with Crippen molar-refractivity contribution in [3.05, 3.63) is 139 Å². The molecular formula is C37H29N. The van der Waals surface area contributed by atoms with Gasteiger partial charge >= 0.3 is 0 Å². The molecule has 7 aromatic rings. The van der Waals surface area contributed by atoms with Gasteiger partial charge in [0.2, 0.25) is 0 Å². The fourth-order valence-electron chi connectivity index (χ4n) is 5.77. The Balaban J connectivity index is 1.48. The highest BCUT2D eigenvalue weighted by molar-refractivity contribution is 6.11. The van der Waals surface area contributed by atoms with Crippen molar-refractivity contribution in [1.82, 2.24) is 4.57 Å². The molecule has 0 N–H and O–H groups in total. The van der Waals surface area contributed by atoms with Gasteiger partial charge in [-0.3, -0.25) is 0 Å². The average Bonchev–Trinajstić information content (AvgIpc) is 3.31. The first-order chi connectivity index (χ1) is 18.7. The van der Waals surface area contributed by atoms with Crippen LogP contribution in [0, 0.1) is 0 Å². The van der Waals surface area contributed by atoms with Crippen LogP contribution in [0.15, 0.2) is 133 Å². The molecule has 0 aliphatic heterocycles. The minimum Gasteiger partial charge on any atom is -0.309 e. The predicted octanol–water partition coefficient (Wildman–Crippen LogP) is 10.4. The average molecular weight is 488 g/mol. The number of rotatable bonds is 4. The van der Waals surface area contributed by atoms with E-state index in [0.717, 1.165) is 0 Å². The van der Waals surface area contributed by atoms with Crippen LogP contribution in [0.25, 0.3) is 60.5 Å². The van der Waals surface area contributed by atoms with Crippen molar-refractivity contribution >= 4 is 32.6 Å². The largest absolute Gasteiger partial charge is 0.309 e. The van der Waals surface area contributed by atoms with Crippen molar-refractivity contribution in [3.63, 3.8) is 0 Å². The van der Waals surface area contributed by atoms with Crippen molar-refractivity contribution in [2.45, 2.75) is 19.8 Å². The molecule has 6 aromatic carbocycles. The predicted molar refractivity (Wildman–Crippen MR) is 163 cm³/mol. The Morgan fingerprint density at radius 3 is 1.97 bits per heavy atom. The van der Waals surface area contributed by atoms with Gasteiger partial charge in [-0.25, -0.2) is 0 Å². The lowest BCUT2D eigenvalue weighted by Crippen LogP contribution is -1.93. The number of hydrogen-bond donors (Lipinski definition) is 0. The monoisotopic (exact) mass is 487 g/mol. The molecule has 0 aliphatic carbocycles. The Labute approximate surface area is 223 Å². The molecule has 0 spiro atoms. The third-order valence-electron chi connectivity index (χ3n) is 7.75. The standard InChI is InChI=1S/C37H29N/c1-25(2)27-17-18-29-21-30(24-33(34(29)22-27)26-11-5-3-6-12-26)28-19-20-37-35(23-28)32-15-9-10-16-36(32)38(37)31-13-7-4-8-14-31/h3-25H,1-2H3. The molecule has 7 rings (SSSR count). The van der Waals surface area contributed by atoms with Gasteiger partial charge < -0.3 is 4.57 Å². The highest BCUT2D eigenvalue weighted by Crippen LogP contribution is 2.38. The highest BCUT2D eigenvalue weighted by atomic mass is 15.0. The van der Waals surface area contributed by atoms with Crippen LogP contribution in [0.3, 0.4) is 0 Å². The van der Waals surface area contributed by atoms with E-state index in [2.05, 4.69) is 152 Å². The summed E-state index contributed by atoms with van der Waals surface area (Å²) in [6.07, 6.45) is 0. The van der Waals surface area contributed by atoms with Crippen LogP contribution in [0.4, 0.5) is 0 Å². The van der Waals surface area contributed by atoms with Crippen LogP contribution in [-0.2, 0) is 0 Å². The summed E-state index contributed by atoms with van der Waals surface area (Å²) in [7, 11) is 0. The summed E-state index contributed by atoms with van der Waals surface area (Å²) < 4.78 is 2.37. The van der Waals surface area contributed by atoms with Crippen LogP contribution in [0.1, 0.15) is 25.3 Å². The lowest BCUT2D eigenvalue weighted by Gasteiger charge is -2.14. The maximum atomic E-state index is 2.38. The van der Waals surface area contributed by atoms with Crippen LogP contribution >= 0.6 is 0 Å². The smallest absolute Gasteiger partial charge is 0.0541 e. The van der Waals surface area contributed by atoms with Crippen molar-refractivity contribution < 1.29 is 0 Å². The third-order valence-corrected chi connectivity index (χ3v) is 7.75. The number of benzene rings is 6. The molecule has 0 radical (unpaired) electrons. The molecule has 1 heteroatoms. The minimum absolute atomic E-state index is 0.493. The summed E-state index contributed by atoms with van der Waals surface area (Å²) >= 11 is 0. The van der Waals surface area contributed by atoms with Gasteiger partial charge in [0.15, 0.2) is 0 Å². The Morgan fingerprint density at radius 1 is 0.474 bits per heavy atom. The van der Waals surface area contributed by atoms with Gasteiger partial charge in [0.25, 0.3) is 0 Å². The molecule has 1 nitrogen and oxygen atoms in total. The van der Waals surface area contributed by atoms with E-state index in [1.807, 2.05) is 0 Å². The molecule has 0 saturated heterocycles. The molecular weight excluding hydrogens is 458 g/mol. The van der Waals surface area contributed by atoms with Gasteiger partial charge in [-0.15, -0.1) is 0 Å². The van der Waals surface area contributed by atoms with Crippen LogP contribution in [-0.4, -0.2) is 4.57 Å². The quantitative estimate of drug-likeness (QED) is 0.233. The molecule has 0 amide bonds. The van der Waals surface area contributed by atoms with Gasteiger partial charge in [-0.2, -0.15) is 0 Å². The second-order valence-corrected chi connectivity index (χ2v) is 10.4. The molecule has 1 heterocycles. The fraction of sp³-hybridized carbons (Fsp3) is 0.0811. The van der Waals surface area contributed by atoms with E-state index in [0.29, 0.717) is 5.92 Å². The van der Waals surface area contributed by atoms with Gasteiger partial charge in [0, 0.05) is 16.5 Å². The maximum absolute atomic E-state index is 2.38. The van der Waals surface area contributed by atoms with E-state index < -0.39 is 0 Å². The van der Waals surface area contributed by atoms with E-state index in [1.54, 1.807) is 0 Å². The molecule has 0 atom stereocenters. The Bertz CT molecular complexity index is 1930. The van der Waals surface area contributed by atoms with Gasteiger partial charge in [0.1, 0.15) is 0 Å². The SMILES string of the molecule is CC(C)c1ccc2cc(-c3ccc4c(c3)c3ccccc3n4-c3ccccc3)cc(-c3ccccc3)c2c1. The van der Waals surface area contributed by atoms with Gasteiger partial charge in [-0.05, 0) is 87.0 Å². The third kappa shape index (κ3) is 3.71. The molecule has 38 heavy (non-hydrogen) atoms. The zero-order valence-corrected chi connectivity index (χ0v) is 21.7. The molecule has 0 fully saturated rings. The second-order valence-electron chi connectivity index (χ2n) is 10.4. The number of aromatic nitrogens is 1. The zero-order chi connectivity index (χ0) is 25.6.